The molecule has 7 atom stereocenters. The monoisotopic (exact) mass is 773 g/mol. The second-order valence-corrected chi connectivity index (χ2v) is 16.4. The summed E-state index contributed by atoms with van der Waals surface area (Å²) in [6, 6.07) is 12.3. The van der Waals surface area contributed by atoms with Crippen molar-refractivity contribution in [2.45, 2.75) is 94.0 Å². The van der Waals surface area contributed by atoms with E-state index in [1.807, 2.05) is 44.2 Å². The van der Waals surface area contributed by atoms with E-state index in [9.17, 15) is 32.7 Å². The maximum atomic E-state index is 14.0. The van der Waals surface area contributed by atoms with Crippen molar-refractivity contribution >= 4 is 33.9 Å². The van der Waals surface area contributed by atoms with Gasteiger partial charge in [-0.2, -0.15) is 4.31 Å². The molecule has 0 saturated carbocycles. The Kier molecular flexibility index (Phi) is 14.0. The number of hydrogen-bond acceptors (Lipinski definition) is 11. The molecule has 3 aliphatic rings. The zero-order valence-corrected chi connectivity index (χ0v) is 31.4. The number of hydrogen-bond donors (Lipinski definition) is 5. The van der Waals surface area contributed by atoms with Gasteiger partial charge in [0, 0.05) is 26.2 Å². The van der Waals surface area contributed by atoms with Crippen LogP contribution in [0.15, 0.2) is 59.5 Å². The number of nitrogens with zero attached hydrogens (tertiary/aromatic N) is 2. The largest absolute Gasteiger partial charge is 0.481 e. The Morgan fingerprint density at radius 3 is 2.43 bits per heavy atom. The number of amides is 3. The van der Waals surface area contributed by atoms with Gasteiger partial charge in [-0.15, -0.1) is 0 Å². The molecule has 3 heterocycles. The van der Waals surface area contributed by atoms with Crippen molar-refractivity contribution in [1.82, 2.24) is 19.8 Å². The number of carboxylic acid groups (broad SMARTS) is 1. The van der Waals surface area contributed by atoms with Gasteiger partial charge >= 0.3 is 12.1 Å². The van der Waals surface area contributed by atoms with Crippen LogP contribution in [0.4, 0.5) is 4.79 Å². The number of aliphatic carboxylic acids is 1. The predicted molar refractivity (Wildman–Crippen MR) is 194 cm³/mol. The number of fused-ring (bicyclic) bond motifs is 1. The highest BCUT2D eigenvalue weighted by molar-refractivity contribution is 7.89. The van der Waals surface area contributed by atoms with Crippen LogP contribution in [0.1, 0.15) is 50.7 Å². The summed E-state index contributed by atoms with van der Waals surface area (Å²) in [7, 11) is -4.14. The average molecular weight is 774 g/mol. The van der Waals surface area contributed by atoms with Crippen molar-refractivity contribution in [3.63, 3.8) is 0 Å². The molecule has 5 rings (SSSR count). The number of sulfonamides is 1. The van der Waals surface area contributed by atoms with E-state index in [0.717, 1.165) is 5.56 Å². The Bertz CT molecular complexity index is 1710. The number of aliphatic hydroxyl groups excluding tert-OH is 1. The molecule has 0 aromatic heterocycles. The molecule has 3 aliphatic heterocycles. The van der Waals surface area contributed by atoms with Crippen molar-refractivity contribution in [2.24, 2.45) is 17.6 Å². The number of nitrogens with two attached hydrogens (primary N) is 1. The lowest BCUT2D eigenvalue weighted by molar-refractivity contribution is -0.143. The van der Waals surface area contributed by atoms with Crippen molar-refractivity contribution in [3.8, 4) is 0 Å². The molecule has 16 nitrogen and oxygen atoms in total. The highest BCUT2D eigenvalue weighted by Crippen LogP contribution is 2.33. The summed E-state index contributed by atoms with van der Waals surface area (Å²) in [5.41, 5.74) is 7.18. The zero-order valence-electron chi connectivity index (χ0n) is 30.5. The number of benzene rings is 2. The zero-order chi connectivity index (χ0) is 39.0. The average Bonchev–Trinajstić information content (AvgIpc) is 3.89. The fraction of sp³-hybridized carbons (Fsp3) is 0.568. The Balaban J connectivity index is 1.23. The van der Waals surface area contributed by atoms with Crippen molar-refractivity contribution in [3.05, 3.63) is 65.7 Å². The third-order valence-electron chi connectivity index (χ3n) is 9.85. The van der Waals surface area contributed by atoms with Gasteiger partial charge in [0.05, 0.1) is 48.6 Å². The Hall–Kier alpha value is -4.13. The van der Waals surface area contributed by atoms with Gasteiger partial charge in [0.15, 0.2) is 6.29 Å². The van der Waals surface area contributed by atoms with Crippen LogP contribution in [0.25, 0.3) is 0 Å². The third-order valence-corrected chi connectivity index (χ3v) is 11.7. The molecule has 0 radical (unpaired) electrons. The van der Waals surface area contributed by atoms with Gasteiger partial charge in [-0.1, -0.05) is 56.3 Å². The summed E-state index contributed by atoms with van der Waals surface area (Å²) in [6.45, 7) is 4.56. The van der Waals surface area contributed by atoms with Gasteiger partial charge in [0.25, 0.3) is 0 Å². The number of carboxylic acids is 1. The van der Waals surface area contributed by atoms with Crippen LogP contribution in [-0.4, -0.2) is 121 Å². The lowest BCUT2D eigenvalue weighted by atomic mass is 10.0. The van der Waals surface area contributed by atoms with E-state index >= 15 is 0 Å². The first-order valence-electron chi connectivity index (χ1n) is 18.3. The molecule has 3 fully saturated rings. The second kappa shape index (κ2) is 18.5. The molecular formula is C37H51N5O11S. The van der Waals surface area contributed by atoms with Crippen LogP contribution in [0.5, 0.6) is 0 Å². The number of alkyl carbamates (subject to hydrolysis) is 1. The van der Waals surface area contributed by atoms with Gasteiger partial charge < -0.3 is 45.7 Å². The van der Waals surface area contributed by atoms with E-state index in [1.54, 1.807) is 12.1 Å². The number of likely N-dealkylation sites (tertiary alicyclic amines) is 1. The predicted octanol–water partition coefficient (Wildman–Crippen LogP) is 1.20. The molecular weight excluding hydrogens is 722 g/mol. The summed E-state index contributed by atoms with van der Waals surface area (Å²) >= 11 is 0. The van der Waals surface area contributed by atoms with Crippen LogP contribution in [-0.2, 0) is 51.6 Å². The SMILES string of the molecule is CC(C)CN(C[C@@H](O)[C@H](Cc1ccccc1)NC(=O)O[C@H]1CO[C@H]2OCC[C@H]21)S(=O)(=O)c1ccc(CNC(=O)[C@@H]2CCCN2C(=O)[C@@H](N)CC(=O)O)cc1. The number of aliphatic hydroxyl groups is 1. The van der Waals surface area contributed by atoms with E-state index in [2.05, 4.69) is 10.6 Å². The summed E-state index contributed by atoms with van der Waals surface area (Å²) in [6.07, 6.45) is -1.63. The minimum atomic E-state index is -4.14. The number of ether oxygens (including phenoxy) is 3. The van der Waals surface area contributed by atoms with Crippen LogP contribution in [0, 0.1) is 11.8 Å². The molecule has 0 spiro atoms. The molecule has 17 heteroatoms. The molecule has 296 valence electrons. The molecule has 2 aromatic rings. The number of carbonyl (C=O) groups excluding carboxylic acids is 3. The van der Waals surface area contributed by atoms with Crippen LogP contribution < -0.4 is 16.4 Å². The maximum Gasteiger partial charge on any atom is 0.407 e. The second-order valence-electron chi connectivity index (χ2n) is 14.4. The highest BCUT2D eigenvalue weighted by Gasteiger charge is 2.44. The molecule has 3 amide bonds. The molecule has 0 bridgehead atoms. The molecule has 3 saturated heterocycles. The van der Waals surface area contributed by atoms with E-state index in [0.29, 0.717) is 31.4 Å². The third kappa shape index (κ3) is 10.5. The highest BCUT2D eigenvalue weighted by atomic mass is 32.2. The van der Waals surface area contributed by atoms with E-state index in [-0.39, 0.29) is 55.9 Å². The van der Waals surface area contributed by atoms with Gasteiger partial charge in [0.1, 0.15) is 12.1 Å². The first-order valence-corrected chi connectivity index (χ1v) is 19.7. The van der Waals surface area contributed by atoms with Gasteiger partial charge in [0.2, 0.25) is 21.8 Å². The topological polar surface area (TPSA) is 227 Å². The van der Waals surface area contributed by atoms with Gasteiger partial charge in [-0.25, -0.2) is 13.2 Å². The fourth-order valence-corrected chi connectivity index (χ4v) is 8.68. The summed E-state index contributed by atoms with van der Waals surface area (Å²) in [5.74, 6) is -2.41. The summed E-state index contributed by atoms with van der Waals surface area (Å²) < 4.78 is 46.1. The first kappa shape index (κ1) is 41.0. The van der Waals surface area contributed by atoms with Gasteiger partial charge in [-0.05, 0) is 54.9 Å². The number of rotatable bonds is 17. The van der Waals surface area contributed by atoms with Crippen LogP contribution in [0.3, 0.4) is 0 Å². The molecule has 2 aromatic carbocycles. The van der Waals surface area contributed by atoms with E-state index in [4.69, 9.17) is 25.1 Å². The standard InChI is InChI=1S/C37H51N5O11S/c1-23(2)20-41(21-31(43)29(17-24-7-4-3-5-8-24)40-37(48)53-32-22-52-36-27(32)14-16-51-36)54(49,50)26-12-10-25(11-13-26)19-39-34(46)30-9-6-15-42(30)35(47)28(38)18-33(44)45/h3-5,7-8,10-13,23,27-32,36,43H,6,9,14-22,38H2,1-2H3,(H,39,46)(H,40,48)(H,44,45)/t27-,28-,29-,30-,31+,32-,36+/m0/s1. The lowest BCUT2D eigenvalue weighted by Gasteiger charge is -2.31. The summed E-state index contributed by atoms with van der Waals surface area (Å²) in [4.78, 5) is 51.2. The first-order chi connectivity index (χ1) is 25.7. The minimum Gasteiger partial charge on any atom is -0.481 e. The fourth-order valence-electron chi connectivity index (χ4n) is 7.06. The van der Waals surface area contributed by atoms with Crippen LogP contribution in [0.2, 0.25) is 0 Å². The van der Waals surface area contributed by atoms with Crippen molar-refractivity contribution < 1.29 is 52.0 Å². The minimum absolute atomic E-state index is 0.0213. The smallest absolute Gasteiger partial charge is 0.407 e. The lowest BCUT2D eigenvalue weighted by Crippen LogP contribution is -2.51. The van der Waals surface area contributed by atoms with E-state index in [1.165, 1.54) is 21.3 Å². The van der Waals surface area contributed by atoms with Crippen molar-refractivity contribution in [1.29, 1.82) is 0 Å². The molecule has 54 heavy (non-hydrogen) atoms. The molecule has 0 aliphatic carbocycles. The van der Waals surface area contributed by atoms with Crippen LogP contribution >= 0.6 is 0 Å². The normalized spacial score (nSPS) is 22.8. The summed E-state index contributed by atoms with van der Waals surface area (Å²) in [5, 5.41) is 26.1. The number of carbonyl (C=O) groups is 4. The molecule has 0 unspecified atom stereocenters. The van der Waals surface area contributed by atoms with Gasteiger partial charge in [-0.3, -0.25) is 14.4 Å². The molecule has 6 N–H and O–H groups in total. The number of nitrogens with one attached hydrogen (secondary N) is 2. The Morgan fingerprint density at radius 1 is 1.02 bits per heavy atom. The quantitative estimate of drug-likeness (QED) is 0.153. The van der Waals surface area contributed by atoms with Crippen molar-refractivity contribution in [2.75, 3.05) is 32.8 Å². The maximum absolute atomic E-state index is 14.0. The van der Waals surface area contributed by atoms with E-state index < -0.39 is 76.9 Å². The Morgan fingerprint density at radius 2 is 1.74 bits per heavy atom. The Labute approximate surface area is 315 Å².